The Morgan fingerprint density at radius 3 is 2.46 bits per heavy atom. The Bertz CT molecular complexity index is 662. The fourth-order valence-electron chi connectivity index (χ4n) is 2.66. The zero-order valence-electron chi connectivity index (χ0n) is 15.3. The van der Waals surface area contributed by atoms with E-state index in [1.165, 1.54) is 22.8 Å². The van der Waals surface area contributed by atoms with Crippen LogP contribution in [0.5, 0.6) is 0 Å². The maximum absolute atomic E-state index is 13.1. The minimum absolute atomic E-state index is 0.0122. The fourth-order valence-corrected chi connectivity index (χ4v) is 4.02. The highest BCUT2D eigenvalue weighted by Crippen LogP contribution is 2.20. The Balaban J connectivity index is 2.11. The molecule has 26 heavy (non-hydrogen) atoms. The van der Waals surface area contributed by atoms with Crippen molar-refractivity contribution in [2.75, 3.05) is 64.4 Å². The van der Waals surface area contributed by atoms with Gasteiger partial charge < -0.3 is 9.47 Å². The summed E-state index contributed by atoms with van der Waals surface area (Å²) in [6.45, 7) is 3.92. The molecule has 0 amide bonds. The molecule has 0 aliphatic carbocycles. The number of rotatable bonds is 9. The molecule has 0 bridgehead atoms. The standard InChI is InChI=1S/C17H27N3O5S/c1-18(9-8-17(21)24-2)26(22,23)20(16-6-4-3-5-7-16)11-10-19-12-14-25-15-13-19/h3-7H,8-15H2,1-2H3. The average molecular weight is 385 g/mol. The maximum atomic E-state index is 13.1. The predicted octanol–water partition coefficient (Wildman–Crippen LogP) is 0.565. The summed E-state index contributed by atoms with van der Waals surface area (Å²) in [6, 6.07) is 9.00. The van der Waals surface area contributed by atoms with Crippen molar-refractivity contribution >= 4 is 21.9 Å². The van der Waals surface area contributed by atoms with E-state index >= 15 is 0 Å². The Hall–Kier alpha value is -1.68. The van der Waals surface area contributed by atoms with Gasteiger partial charge in [0.05, 0.1) is 32.4 Å². The number of hydrogen-bond donors (Lipinski definition) is 0. The molecule has 0 spiro atoms. The second-order valence-electron chi connectivity index (χ2n) is 6.02. The highest BCUT2D eigenvalue weighted by atomic mass is 32.2. The monoisotopic (exact) mass is 385 g/mol. The van der Waals surface area contributed by atoms with Crippen LogP contribution in [-0.4, -0.2) is 83.7 Å². The fraction of sp³-hybridized carbons (Fsp3) is 0.588. The van der Waals surface area contributed by atoms with Gasteiger partial charge in [0.2, 0.25) is 0 Å². The lowest BCUT2D eigenvalue weighted by Crippen LogP contribution is -2.47. The van der Waals surface area contributed by atoms with E-state index in [4.69, 9.17) is 4.74 Å². The third-order valence-electron chi connectivity index (χ3n) is 4.30. The van der Waals surface area contributed by atoms with Crippen LogP contribution in [0.25, 0.3) is 0 Å². The highest BCUT2D eigenvalue weighted by Gasteiger charge is 2.28. The summed E-state index contributed by atoms with van der Waals surface area (Å²) < 4.78 is 38.6. The molecular weight excluding hydrogens is 358 g/mol. The zero-order chi connectivity index (χ0) is 19.0. The summed E-state index contributed by atoms with van der Waals surface area (Å²) in [7, 11) is -0.996. The Morgan fingerprint density at radius 1 is 1.19 bits per heavy atom. The SMILES string of the molecule is COC(=O)CCN(C)S(=O)(=O)N(CCN1CCOCC1)c1ccccc1. The molecule has 1 fully saturated rings. The van der Waals surface area contributed by atoms with E-state index < -0.39 is 16.2 Å². The topological polar surface area (TPSA) is 79.4 Å². The van der Waals surface area contributed by atoms with Crippen LogP contribution < -0.4 is 4.31 Å². The molecule has 146 valence electrons. The van der Waals surface area contributed by atoms with E-state index in [1.807, 2.05) is 6.07 Å². The summed E-state index contributed by atoms with van der Waals surface area (Å²) in [6.07, 6.45) is 0.0122. The molecule has 8 nitrogen and oxygen atoms in total. The van der Waals surface area contributed by atoms with Gasteiger partial charge in [0.1, 0.15) is 0 Å². The van der Waals surface area contributed by atoms with Crippen molar-refractivity contribution in [3.8, 4) is 0 Å². The summed E-state index contributed by atoms with van der Waals surface area (Å²) in [5.74, 6) is -0.438. The van der Waals surface area contributed by atoms with E-state index in [0.29, 0.717) is 32.0 Å². The first kappa shape index (κ1) is 20.6. The third kappa shape index (κ3) is 5.66. The number of methoxy groups -OCH3 is 1. The molecule has 1 aromatic carbocycles. The number of esters is 1. The number of ether oxygens (including phenoxy) is 2. The molecule has 9 heteroatoms. The quantitative estimate of drug-likeness (QED) is 0.578. The Morgan fingerprint density at radius 2 is 1.85 bits per heavy atom. The highest BCUT2D eigenvalue weighted by molar-refractivity contribution is 7.90. The number of para-hydroxylation sites is 1. The van der Waals surface area contributed by atoms with Crippen molar-refractivity contribution < 1.29 is 22.7 Å². The first-order valence-electron chi connectivity index (χ1n) is 8.61. The third-order valence-corrected chi connectivity index (χ3v) is 6.22. The predicted molar refractivity (Wildman–Crippen MR) is 99.2 cm³/mol. The summed E-state index contributed by atoms with van der Waals surface area (Å²) >= 11 is 0. The van der Waals surface area contributed by atoms with E-state index in [1.54, 1.807) is 24.3 Å². The molecule has 0 radical (unpaired) electrons. The van der Waals surface area contributed by atoms with Gasteiger partial charge in [-0.1, -0.05) is 18.2 Å². The smallest absolute Gasteiger partial charge is 0.306 e. The molecule has 0 saturated carbocycles. The summed E-state index contributed by atoms with van der Waals surface area (Å²) in [5, 5.41) is 0. The average Bonchev–Trinajstić information content (AvgIpc) is 2.67. The van der Waals surface area contributed by atoms with Gasteiger partial charge in [-0.3, -0.25) is 14.0 Å². The van der Waals surface area contributed by atoms with Crippen molar-refractivity contribution in [1.29, 1.82) is 0 Å². The lowest BCUT2D eigenvalue weighted by atomic mass is 10.3. The first-order valence-corrected chi connectivity index (χ1v) is 10.0. The molecule has 2 rings (SSSR count). The van der Waals surface area contributed by atoms with Gasteiger partial charge in [-0.15, -0.1) is 0 Å². The maximum Gasteiger partial charge on any atom is 0.306 e. The molecular formula is C17H27N3O5S. The summed E-state index contributed by atoms with van der Waals surface area (Å²) in [4.78, 5) is 13.5. The Labute approximate surface area is 155 Å². The molecule has 0 aromatic heterocycles. The Kier molecular flexibility index (Phi) is 7.83. The van der Waals surface area contributed by atoms with Gasteiger partial charge in [0, 0.05) is 39.8 Å². The van der Waals surface area contributed by atoms with Crippen LogP contribution in [0.2, 0.25) is 0 Å². The largest absolute Gasteiger partial charge is 0.469 e. The van der Waals surface area contributed by atoms with Crippen molar-refractivity contribution in [2.45, 2.75) is 6.42 Å². The molecule has 1 saturated heterocycles. The summed E-state index contributed by atoms with van der Waals surface area (Å²) in [5.41, 5.74) is 0.602. The molecule has 1 aliphatic rings. The minimum Gasteiger partial charge on any atom is -0.469 e. The number of morpholine rings is 1. The van der Waals surface area contributed by atoms with Crippen LogP contribution in [0.3, 0.4) is 0 Å². The van der Waals surface area contributed by atoms with Gasteiger partial charge in [-0.25, -0.2) is 0 Å². The molecule has 0 atom stereocenters. The zero-order valence-corrected chi connectivity index (χ0v) is 16.2. The van der Waals surface area contributed by atoms with Crippen LogP contribution in [0.4, 0.5) is 5.69 Å². The van der Waals surface area contributed by atoms with Gasteiger partial charge in [0.25, 0.3) is 0 Å². The van der Waals surface area contributed by atoms with Crippen LogP contribution in [0.15, 0.2) is 30.3 Å². The first-order chi connectivity index (χ1) is 12.4. The van der Waals surface area contributed by atoms with Crippen LogP contribution in [0.1, 0.15) is 6.42 Å². The lowest BCUT2D eigenvalue weighted by molar-refractivity contribution is -0.140. The van der Waals surface area contributed by atoms with Crippen molar-refractivity contribution in [3.63, 3.8) is 0 Å². The van der Waals surface area contributed by atoms with Gasteiger partial charge in [-0.2, -0.15) is 12.7 Å². The molecule has 1 heterocycles. The van der Waals surface area contributed by atoms with E-state index in [-0.39, 0.29) is 13.0 Å². The second kappa shape index (κ2) is 9.86. The van der Waals surface area contributed by atoms with Crippen molar-refractivity contribution in [2.24, 2.45) is 0 Å². The number of anilines is 1. The van der Waals surface area contributed by atoms with Crippen LogP contribution in [-0.2, 0) is 24.5 Å². The lowest BCUT2D eigenvalue weighted by Gasteiger charge is -2.32. The van der Waals surface area contributed by atoms with E-state index in [2.05, 4.69) is 9.64 Å². The number of carbonyl (C=O) groups is 1. The number of carbonyl (C=O) groups excluding carboxylic acids is 1. The van der Waals surface area contributed by atoms with E-state index in [0.717, 1.165) is 13.1 Å². The number of nitrogens with zero attached hydrogens (tertiary/aromatic N) is 3. The van der Waals surface area contributed by atoms with E-state index in [9.17, 15) is 13.2 Å². The van der Waals surface area contributed by atoms with Gasteiger partial charge in [0.15, 0.2) is 0 Å². The molecule has 0 unspecified atom stereocenters. The van der Waals surface area contributed by atoms with Crippen LogP contribution >= 0.6 is 0 Å². The minimum atomic E-state index is -3.76. The van der Waals surface area contributed by atoms with Crippen LogP contribution in [0, 0.1) is 0 Å². The van der Waals surface area contributed by atoms with Crippen molar-refractivity contribution in [3.05, 3.63) is 30.3 Å². The second-order valence-corrected chi connectivity index (χ2v) is 7.98. The number of benzene rings is 1. The molecule has 1 aromatic rings. The molecule has 0 N–H and O–H groups in total. The normalized spacial score (nSPS) is 15.8. The van der Waals surface area contributed by atoms with Gasteiger partial charge in [-0.05, 0) is 12.1 Å². The number of hydrogen-bond acceptors (Lipinski definition) is 6. The molecule has 1 aliphatic heterocycles. The van der Waals surface area contributed by atoms with Gasteiger partial charge >= 0.3 is 16.2 Å². The van der Waals surface area contributed by atoms with Crippen molar-refractivity contribution in [1.82, 2.24) is 9.21 Å².